The first kappa shape index (κ1) is 30.2. The molecule has 0 aliphatic rings. The Labute approximate surface area is 168 Å². The van der Waals surface area contributed by atoms with Crippen molar-refractivity contribution in [3.8, 4) is 0 Å². The molecule has 0 bridgehead atoms. The molecule has 0 heterocycles. The van der Waals surface area contributed by atoms with E-state index in [0.29, 0.717) is 18.2 Å². The fourth-order valence-corrected chi connectivity index (χ4v) is 0.451. The van der Waals surface area contributed by atoms with Crippen molar-refractivity contribution in [3.05, 3.63) is 36.5 Å². The van der Waals surface area contributed by atoms with Gasteiger partial charge < -0.3 is 46.9 Å². The normalized spacial score (nSPS) is 9.12. The van der Waals surface area contributed by atoms with Gasteiger partial charge in [0.25, 0.3) is 0 Å². The molecule has 0 rings (SSSR count). The molecule has 0 aliphatic carbocycles. The first-order valence-electron chi connectivity index (χ1n) is 5.44. The first-order valence-corrected chi connectivity index (χ1v) is 5.44. The number of hydrogen-bond acceptors (Lipinski definition) is 9. The van der Waals surface area contributed by atoms with Crippen molar-refractivity contribution in [3.63, 3.8) is 0 Å². The maximum absolute atomic E-state index is 9.75. The summed E-state index contributed by atoms with van der Waals surface area (Å²) < 4.78 is 0. The van der Waals surface area contributed by atoms with Crippen LogP contribution in [0, 0.1) is 35.6 Å². The van der Waals surface area contributed by atoms with Gasteiger partial charge in [0.1, 0.15) is 0 Å². The van der Waals surface area contributed by atoms with E-state index in [1.54, 1.807) is 0 Å². The molecule has 0 aromatic rings. The maximum Gasteiger partial charge on any atom is 3.00 e. The van der Waals surface area contributed by atoms with E-state index >= 15 is 0 Å². The molecule has 0 aromatic heterocycles. The van der Waals surface area contributed by atoms with Crippen LogP contribution in [0.15, 0.2) is 36.5 Å². The number of carbonyl (C=O) groups is 6. The van der Waals surface area contributed by atoms with Crippen molar-refractivity contribution < 1.29 is 79.7 Å². The number of hydrogen-bond donors (Lipinski definition) is 3. The predicted molar refractivity (Wildman–Crippen MR) is 70.0 cm³/mol. The molecule has 0 saturated carbocycles. The zero-order valence-corrected chi connectivity index (χ0v) is 16.1. The maximum atomic E-state index is 9.75. The van der Waals surface area contributed by atoms with Crippen LogP contribution in [0.5, 0.6) is 0 Å². The SMILES string of the molecule is NC(=O)/C=C\C(=O)[O-].NC(=O)/C=C\C(=O)[O-].NC(=O)/C=C\C(=O)[O-].[La+3]. The summed E-state index contributed by atoms with van der Waals surface area (Å²) in [7, 11) is 0. The molecule has 0 aliphatic heterocycles. The van der Waals surface area contributed by atoms with E-state index in [2.05, 4.69) is 17.2 Å². The van der Waals surface area contributed by atoms with E-state index in [1.165, 1.54) is 0 Å². The van der Waals surface area contributed by atoms with Crippen LogP contribution in [0.2, 0.25) is 0 Å². The Morgan fingerprint density at radius 2 is 0.640 bits per heavy atom. The zero-order valence-electron chi connectivity index (χ0n) is 12.4. The van der Waals surface area contributed by atoms with E-state index in [0.717, 1.165) is 18.2 Å². The second-order valence-corrected chi connectivity index (χ2v) is 3.16. The van der Waals surface area contributed by atoms with Gasteiger partial charge in [0.2, 0.25) is 17.7 Å². The van der Waals surface area contributed by atoms with Crippen LogP contribution in [0.4, 0.5) is 0 Å². The quantitative estimate of drug-likeness (QED) is 0.305. The topological polar surface area (TPSA) is 250 Å². The second-order valence-electron chi connectivity index (χ2n) is 3.16. The number of carboxylic acids is 3. The van der Waals surface area contributed by atoms with E-state index in [1.807, 2.05) is 0 Å². The van der Waals surface area contributed by atoms with Gasteiger partial charge in [-0.05, 0) is 18.2 Å². The molecule has 0 spiro atoms. The summed E-state index contributed by atoms with van der Waals surface area (Å²) in [5, 5.41) is 28.5. The van der Waals surface area contributed by atoms with E-state index < -0.39 is 35.6 Å². The molecule has 6 N–H and O–H groups in total. The zero-order chi connectivity index (χ0) is 19.7. The minimum Gasteiger partial charge on any atom is -0.545 e. The average molecular weight is 481 g/mol. The Hall–Kier alpha value is -2.77. The second kappa shape index (κ2) is 19.3. The van der Waals surface area contributed by atoms with Crippen LogP contribution in [-0.4, -0.2) is 35.6 Å². The van der Waals surface area contributed by atoms with Crippen LogP contribution in [0.1, 0.15) is 0 Å². The monoisotopic (exact) mass is 481 g/mol. The molecule has 0 atom stereocenters. The summed E-state index contributed by atoms with van der Waals surface area (Å²) in [4.78, 5) is 57.7. The van der Waals surface area contributed by atoms with Gasteiger partial charge in [-0.2, -0.15) is 0 Å². The first-order chi connectivity index (χ1) is 10.9. The van der Waals surface area contributed by atoms with Crippen molar-refractivity contribution in [1.29, 1.82) is 0 Å². The third-order valence-electron chi connectivity index (χ3n) is 1.15. The van der Waals surface area contributed by atoms with Crippen LogP contribution >= 0.6 is 0 Å². The smallest absolute Gasteiger partial charge is 0.545 e. The standard InChI is InChI=1S/3C4H5NO3.La/c3*5-3(6)1-2-4(7)8;/h3*1-2H,(H2,5,6)(H,7,8);/q;;;+3/p-3/b3*2-1-;. The van der Waals surface area contributed by atoms with E-state index in [9.17, 15) is 44.1 Å². The third-order valence-corrected chi connectivity index (χ3v) is 1.15. The Kier molecular flexibility index (Phi) is 23.3. The third kappa shape index (κ3) is 52.5. The molecule has 0 radical (unpaired) electrons. The molecular formula is C12H12LaN3O9. The van der Waals surface area contributed by atoms with E-state index in [4.69, 9.17) is 0 Å². The van der Waals surface area contributed by atoms with Crippen LogP contribution in [0.25, 0.3) is 0 Å². The Balaban J connectivity index is -0.000000130. The summed E-state index contributed by atoms with van der Waals surface area (Å²) in [6.07, 6.45) is 3.87. The Bertz CT molecular complexity index is 454. The number of amides is 3. The molecule has 0 aromatic carbocycles. The molecule has 132 valence electrons. The predicted octanol–water partition coefficient (Wildman–Crippen LogP) is -6.67. The van der Waals surface area contributed by atoms with Crippen molar-refractivity contribution in [2.45, 2.75) is 0 Å². The summed E-state index contributed by atoms with van der Waals surface area (Å²) in [5.41, 5.74) is 13.6. The van der Waals surface area contributed by atoms with Gasteiger partial charge in [0.15, 0.2) is 0 Å². The number of carboxylic acid groups (broad SMARTS) is 3. The van der Waals surface area contributed by atoms with Crippen molar-refractivity contribution in [2.75, 3.05) is 0 Å². The van der Waals surface area contributed by atoms with Gasteiger partial charge >= 0.3 is 35.6 Å². The number of carbonyl (C=O) groups excluding carboxylic acids is 6. The van der Waals surface area contributed by atoms with Crippen molar-refractivity contribution in [2.24, 2.45) is 17.2 Å². The fourth-order valence-electron chi connectivity index (χ4n) is 0.451. The molecule has 25 heavy (non-hydrogen) atoms. The van der Waals surface area contributed by atoms with Gasteiger partial charge in [-0.25, -0.2) is 0 Å². The molecule has 0 saturated heterocycles. The molecule has 12 nitrogen and oxygen atoms in total. The summed E-state index contributed by atoms with van der Waals surface area (Å²) in [6, 6.07) is 0. The van der Waals surface area contributed by atoms with Gasteiger partial charge in [-0.1, -0.05) is 0 Å². The van der Waals surface area contributed by atoms with Crippen molar-refractivity contribution >= 4 is 35.6 Å². The van der Waals surface area contributed by atoms with Gasteiger partial charge in [-0.3, -0.25) is 14.4 Å². The Morgan fingerprint density at radius 1 is 0.480 bits per heavy atom. The Morgan fingerprint density at radius 3 is 0.680 bits per heavy atom. The van der Waals surface area contributed by atoms with Crippen molar-refractivity contribution in [1.82, 2.24) is 0 Å². The number of primary amides is 3. The van der Waals surface area contributed by atoms with Gasteiger partial charge in [-0.15, -0.1) is 0 Å². The minimum absolute atomic E-state index is 0. The molecule has 0 fully saturated rings. The fraction of sp³-hybridized carbons (Fsp3) is 0. The minimum atomic E-state index is -1.43. The number of nitrogens with two attached hydrogens (primary N) is 3. The van der Waals surface area contributed by atoms with Gasteiger partial charge in [0.05, 0.1) is 17.9 Å². The summed E-state index contributed by atoms with van der Waals surface area (Å²) >= 11 is 0. The molecule has 3 amide bonds. The number of aliphatic carboxylic acids is 3. The molecule has 0 unspecified atom stereocenters. The van der Waals surface area contributed by atoms with E-state index in [-0.39, 0.29) is 35.6 Å². The van der Waals surface area contributed by atoms with Crippen LogP contribution in [0.3, 0.4) is 0 Å². The van der Waals surface area contributed by atoms with Crippen LogP contribution < -0.4 is 32.5 Å². The van der Waals surface area contributed by atoms with Crippen LogP contribution in [-0.2, 0) is 28.8 Å². The van der Waals surface area contributed by atoms with Gasteiger partial charge in [0, 0.05) is 18.2 Å². The molecule has 13 heteroatoms. The number of rotatable bonds is 6. The summed E-state index contributed by atoms with van der Waals surface area (Å²) in [5.74, 6) is -6.67. The molecular weight excluding hydrogens is 469 g/mol. The summed E-state index contributed by atoms with van der Waals surface area (Å²) in [6.45, 7) is 0. The largest absolute Gasteiger partial charge is 3.00 e. The average Bonchev–Trinajstić information content (AvgIpc) is 2.42.